The monoisotopic (exact) mass is 352 g/mol. The van der Waals surface area contributed by atoms with Gasteiger partial charge in [-0.05, 0) is 43.7 Å². The van der Waals surface area contributed by atoms with E-state index in [0.717, 1.165) is 22.6 Å². The van der Waals surface area contributed by atoms with Crippen molar-refractivity contribution in [2.45, 2.75) is 26.8 Å². The lowest BCUT2D eigenvalue weighted by atomic mass is 10.1. The van der Waals surface area contributed by atoms with Crippen LogP contribution in [-0.2, 0) is 16.1 Å². The number of benzene rings is 2. The summed E-state index contributed by atoms with van der Waals surface area (Å²) in [6.45, 7) is 5.44. The molecule has 1 aliphatic rings. The number of anilines is 1. The lowest BCUT2D eigenvalue weighted by Crippen LogP contribution is -2.32. The Balaban J connectivity index is 1.58. The van der Waals surface area contributed by atoms with Gasteiger partial charge in [0.15, 0.2) is 0 Å². The molecule has 5 nitrogen and oxygen atoms in total. The van der Waals surface area contributed by atoms with Gasteiger partial charge in [-0.25, -0.2) is 0 Å². The second-order valence-electron chi connectivity index (χ2n) is 6.54. The summed E-state index contributed by atoms with van der Waals surface area (Å²) in [4.78, 5) is 26.5. The molecule has 26 heavy (non-hydrogen) atoms. The van der Waals surface area contributed by atoms with Gasteiger partial charge in [-0.1, -0.05) is 29.8 Å². The van der Waals surface area contributed by atoms with Gasteiger partial charge in [-0.15, -0.1) is 0 Å². The molecule has 5 heteroatoms. The number of amides is 2. The minimum absolute atomic E-state index is 0.0233. The van der Waals surface area contributed by atoms with E-state index < -0.39 is 0 Å². The number of carbonyl (C=O) groups is 2. The first-order chi connectivity index (χ1) is 12.6. The van der Waals surface area contributed by atoms with Gasteiger partial charge in [-0.3, -0.25) is 9.59 Å². The lowest BCUT2D eigenvalue weighted by molar-refractivity contribution is -0.126. The van der Waals surface area contributed by atoms with Crippen LogP contribution in [0.4, 0.5) is 5.69 Å². The van der Waals surface area contributed by atoms with Crippen LogP contribution >= 0.6 is 0 Å². The molecule has 2 aromatic rings. The number of ether oxygens (including phenoxy) is 1. The summed E-state index contributed by atoms with van der Waals surface area (Å²) < 4.78 is 5.42. The van der Waals surface area contributed by atoms with Crippen LogP contribution in [0.15, 0.2) is 48.5 Å². The van der Waals surface area contributed by atoms with Crippen LogP contribution in [0, 0.1) is 12.8 Å². The Hall–Kier alpha value is -2.82. The van der Waals surface area contributed by atoms with Crippen LogP contribution in [-0.4, -0.2) is 25.0 Å². The summed E-state index contributed by atoms with van der Waals surface area (Å²) in [5.74, 6) is 0.354. The molecule has 0 radical (unpaired) electrons. The topological polar surface area (TPSA) is 58.6 Å². The van der Waals surface area contributed by atoms with E-state index in [4.69, 9.17) is 4.74 Å². The van der Waals surface area contributed by atoms with E-state index in [1.807, 2.05) is 62.4 Å². The Labute approximate surface area is 154 Å². The first kappa shape index (κ1) is 18.0. The molecular formula is C21H24N2O3. The van der Waals surface area contributed by atoms with Crippen molar-refractivity contribution >= 4 is 17.5 Å². The second kappa shape index (κ2) is 8.04. The zero-order valence-electron chi connectivity index (χ0n) is 15.2. The summed E-state index contributed by atoms with van der Waals surface area (Å²) in [5, 5.41) is 2.95. The SMILES string of the molecule is CCOc1ccc(N2C[C@@H](C(=O)NCc3cccc(C)c3)CC2=O)cc1. The largest absolute Gasteiger partial charge is 0.494 e. The van der Waals surface area contributed by atoms with Crippen molar-refractivity contribution in [3.63, 3.8) is 0 Å². The summed E-state index contributed by atoms with van der Waals surface area (Å²) in [6.07, 6.45) is 0.243. The van der Waals surface area contributed by atoms with Crippen LogP contribution in [0.5, 0.6) is 5.75 Å². The minimum atomic E-state index is -0.320. The van der Waals surface area contributed by atoms with Crippen LogP contribution < -0.4 is 15.0 Å². The summed E-state index contributed by atoms with van der Waals surface area (Å²) in [7, 11) is 0. The first-order valence-electron chi connectivity index (χ1n) is 8.93. The van der Waals surface area contributed by atoms with E-state index in [1.54, 1.807) is 4.90 Å². The molecule has 1 N–H and O–H groups in total. The lowest BCUT2D eigenvalue weighted by Gasteiger charge is -2.17. The fourth-order valence-electron chi connectivity index (χ4n) is 3.18. The Kier molecular flexibility index (Phi) is 5.56. The van der Waals surface area contributed by atoms with E-state index in [2.05, 4.69) is 5.32 Å². The maximum atomic E-state index is 12.5. The Morgan fingerprint density at radius 1 is 1.23 bits per heavy atom. The van der Waals surface area contributed by atoms with Gasteiger partial charge >= 0.3 is 0 Å². The molecule has 0 bridgehead atoms. The molecule has 136 valence electrons. The van der Waals surface area contributed by atoms with Crippen molar-refractivity contribution in [3.8, 4) is 5.75 Å². The molecule has 1 aliphatic heterocycles. The quantitative estimate of drug-likeness (QED) is 0.869. The van der Waals surface area contributed by atoms with Crippen LogP contribution in [0.3, 0.4) is 0 Å². The van der Waals surface area contributed by atoms with E-state index in [9.17, 15) is 9.59 Å². The van der Waals surface area contributed by atoms with Crippen LogP contribution in [0.25, 0.3) is 0 Å². The van der Waals surface area contributed by atoms with Gasteiger partial charge in [-0.2, -0.15) is 0 Å². The van der Waals surface area contributed by atoms with Gasteiger partial charge in [0.2, 0.25) is 11.8 Å². The third-order valence-electron chi connectivity index (χ3n) is 4.50. The zero-order valence-corrected chi connectivity index (χ0v) is 15.2. The normalized spacial score (nSPS) is 16.6. The summed E-state index contributed by atoms with van der Waals surface area (Å²) >= 11 is 0. The van der Waals surface area contributed by atoms with Crippen molar-refractivity contribution in [1.29, 1.82) is 0 Å². The van der Waals surface area contributed by atoms with Crippen molar-refractivity contribution in [3.05, 3.63) is 59.7 Å². The average molecular weight is 352 g/mol. The van der Waals surface area contributed by atoms with E-state index in [1.165, 1.54) is 0 Å². The van der Waals surface area contributed by atoms with E-state index in [-0.39, 0.29) is 24.2 Å². The number of nitrogens with one attached hydrogen (secondary N) is 1. The highest BCUT2D eigenvalue weighted by atomic mass is 16.5. The maximum absolute atomic E-state index is 12.5. The zero-order chi connectivity index (χ0) is 18.5. The standard InChI is InChI=1S/C21H24N2O3/c1-3-26-19-9-7-18(8-10-19)23-14-17(12-20(23)24)21(25)22-13-16-6-4-5-15(2)11-16/h4-11,17H,3,12-14H2,1-2H3,(H,22,25)/t17-/m0/s1. The highest BCUT2D eigenvalue weighted by Crippen LogP contribution is 2.27. The molecule has 0 saturated carbocycles. The van der Waals surface area contributed by atoms with Crippen molar-refractivity contribution in [2.75, 3.05) is 18.1 Å². The number of nitrogens with zero attached hydrogens (tertiary/aromatic N) is 1. The fraction of sp³-hybridized carbons (Fsp3) is 0.333. The fourth-order valence-corrected chi connectivity index (χ4v) is 3.18. The molecule has 2 aromatic carbocycles. The van der Waals surface area contributed by atoms with Gasteiger partial charge in [0.05, 0.1) is 12.5 Å². The molecule has 0 aliphatic carbocycles. The highest BCUT2D eigenvalue weighted by Gasteiger charge is 2.34. The second-order valence-corrected chi connectivity index (χ2v) is 6.54. The minimum Gasteiger partial charge on any atom is -0.494 e. The molecule has 1 fully saturated rings. The Morgan fingerprint density at radius 3 is 2.69 bits per heavy atom. The predicted molar refractivity (Wildman–Crippen MR) is 101 cm³/mol. The molecular weight excluding hydrogens is 328 g/mol. The van der Waals surface area contributed by atoms with E-state index in [0.29, 0.717) is 19.7 Å². The summed E-state index contributed by atoms with van der Waals surface area (Å²) in [5.41, 5.74) is 3.02. The van der Waals surface area contributed by atoms with Crippen molar-refractivity contribution in [1.82, 2.24) is 5.32 Å². The average Bonchev–Trinajstić information content (AvgIpc) is 3.03. The molecule has 0 aromatic heterocycles. The first-order valence-corrected chi connectivity index (χ1v) is 8.93. The van der Waals surface area contributed by atoms with Gasteiger partial charge in [0.25, 0.3) is 0 Å². The Morgan fingerprint density at radius 2 is 2.00 bits per heavy atom. The number of rotatable bonds is 6. The highest BCUT2D eigenvalue weighted by molar-refractivity contribution is 6.00. The number of aryl methyl sites for hydroxylation is 1. The molecule has 2 amide bonds. The number of hydrogen-bond acceptors (Lipinski definition) is 3. The molecule has 1 saturated heterocycles. The van der Waals surface area contributed by atoms with E-state index >= 15 is 0 Å². The third-order valence-corrected chi connectivity index (χ3v) is 4.50. The third kappa shape index (κ3) is 4.23. The van der Waals surface area contributed by atoms with Gasteiger partial charge in [0.1, 0.15) is 5.75 Å². The molecule has 0 unspecified atom stereocenters. The van der Waals surface area contributed by atoms with Crippen LogP contribution in [0.1, 0.15) is 24.5 Å². The van der Waals surface area contributed by atoms with Crippen molar-refractivity contribution < 1.29 is 14.3 Å². The predicted octanol–water partition coefficient (Wildman–Crippen LogP) is 3.06. The van der Waals surface area contributed by atoms with Crippen LogP contribution in [0.2, 0.25) is 0 Å². The summed E-state index contributed by atoms with van der Waals surface area (Å²) in [6, 6.07) is 15.4. The molecule has 0 spiro atoms. The number of hydrogen-bond donors (Lipinski definition) is 1. The molecule has 1 heterocycles. The maximum Gasteiger partial charge on any atom is 0.227 e. The Bertz CT molecular complexity index is 786. The molecule has 3 rings (SSSR count). The smallest absolute Gasteiger partial charge is 0.227 e. The van der Waals surface area contributed by atoms with Crippen molar-refractivity contribution in [2.24, 2.45) is 5.92 Å². The number of carbonyl (C=O) groups excluding carboxylic acids is 2. The van der Waals surface area contributed by atoms with Gasteiger partial charge < -0.3 is 15.0 Å². The van der Waals surface area contributed by atoms with Gasteiger partial charge in [0, 0.05) is 25.2 Å². The molecule has 1 atom stereocenters.